The number of aromatic nitrogens is 2. The number of nitrogens with zero attached hydrogens (tertiary/aromatic N) is 3. The highest BCUT2D eigenvalue weighted by atomic mass is 32.1. The molecule has 37 heavy (non-hydrogen) atoms. The minimum atomic E-state index is 0.130. The summed E-state index contributed by atoms with van der Waals surface area (Å²) in [5.74, 6) is 1.24. The number of aryl methyl sites for hydroxylation is 1. The van der Waals surface area contributed by atoms with Gasteiger partial charge in [-0.15, -0.1) is 11.3 Å². The van der Waals surface area contributed by atoms with Crippen LogP contribution in [-0.2, 0) is 9.53 Å². The number of thiophene rings is 1. The van der Waals surface area contributed by atoms with E-state index in [0.29, 0.717) is 6.04 Å². The third-order valence-electron chi connectivity index (χ3n) is 7.46. The maximum atomic E-state index is 12.2. The molecule has 2 fully saturated rings. The molecule has 1 aromatic carbocycles. The first kappa shape index (κ1) is 24.1. The second-order valence-electron chi connectivity index (χ2n) is 10.2. The van der Waals surface area contributed by atoms with Crippen LogP contribution in [-0.4, -0.2) is 53.1 Å². The van der Waals surface area contributed by atoms with Crippen molar-refractivity contribution in [2.45, 2.75) is 45.1 Å². The van der Waals surface area contributed by atoms with Crippen LogP contribution in [0.2, 0.25) is 0 Å². The minimum Gasteiger partial charge on any atom is -0.378 e. The zero-order valence-corrected chi connectivity index (χ0v) is 22.0. The molecular weight excluding hydrogens is 482 g/mol. The quantitative estimate of drug-likeness (QED) is 0.420. The van der Waals surface area contributed by atoms with Crippen molar-refractivity contribution in [1.29, 1.82) is 0 Å². The summed E-state index contributed by atoms with van der Waals surface area (Å²) in [6, 6.07) is 6.45. The number of ether oxygens (including phenoxy) is 1. The SMILES string of the molecule is Cc1ccc(NC(=O)C2CC2)cc1/C=C/c1csc2c(NC3CC=C(N4CCOCC4)CC3)ncnc12. The van der Waals surface area contributed by atoms with Gasteiger partial charge in [0.15, 0.2) is 0 Å². The lowest BCUT2D eigenvalue weighted by atomic mass is 9.98. The predicted molar refractivity (Wildman–Crippen MR) is 151 cm³/mol. The second kappa shape index (κ2) is 10.6. The van der Waals surface area contributed by atoms with Crippen LogP contribution in [0.1, 0.15) is 48.8 Å². The van der Waals surface area contributed by atoms with Gasteiger partial charge in [-0.1, -0.05) is 24.3 Å². The Morgan fingerprint density at radius 1 is 1.14 bits per heavy atom. The normalized spacial score (nSPS) is 20.3. The Morgan fingerprint density at radius 3 is 2.76 bits per heavy atom. The molecule has 1 aliphatic heterocycles. The molecule has 0 bridgehead atoms. The minimum absolute atomic E-state index is 0.130. The number of amides is 1. The van der Waals surface area contributed by atoms with Crippen molar-refractivity contribution in [3.63, 3.8) is 0 Å². The fourth-order valence-electron chi connectivity index (χ4n) is 5.04. The molecule has 1 saturated carbocycles. The zero-order chi connectivity index (χ0) is 25.2. The summed E-state index contributed by atoms with van der Waals surface area (Å²) in [7, 11) is 0. The largest absolute Gasteiger partial charge is 0.378 e. The van der Waals surface area contributed by atoms with Gasteiger partial charge in [0.25, 0.3) is 0 Å². The molecule has 7 nitrogen and oxygen atoms in total. The number of anilines is 2. The van der Waals surface area contributed by atoms with Crippen molar-refractivity contribution in [3.8, 4) is 0 Å². The van der Waals surface area contributed by atoms with E-state index in [0.717, 1.165) is 91.3 Å². The molecule has 0 radical (unpaired) electrons. The molecule has 3 aliphatic rings. The molecule has 1 saturated heterocycles. The van der Waals surface area contributed by atoms with Crippen LogP contribution in [0.25, 0.3) is 22.4 Å². The highest BCUT2D eigenvalue weighted by Gasteiger charge is 2.29. The van der Waals surface area contributed by atoms with Gasteiger partial charge < -0.3 is 20.3 Å². The summed E-state index contributed by atoms with van der Waals surface area (Å²) in [4.78, 5) is 23.8. The van der Waals surface area contributed by atoms with Crippen molar-refractivity contribution in [2.75, 3.05) is 36.9 Å². The average molecular weight is 516 g/mol. The summed E-state index contributed by atoms with van der Waals surface area (Å²) in [5.41, 5.74) is 6.61. The zero-order valence-electron chi connectivity index (χ0n) is 21.2. The van der Waals surface area contributed by atoms with E-state index in [4.69, 9.17) is 4.74 Å². The summed E-state index contributed by atoms with van der Waals surface area (Å²) in [6.45, 7) is 5.75. The van der Waals surface area contributed by atoms with Crippen LogP contribution in [0, 0.1) is 12.8 Å². The molecule has 8 heteroatoms. The van der Waals surface area contributed by atoms with Gasteiger partial charge >= 0.3 is 0 Å². The Kier molecular flexibility index (Phi) is 6.93. The standard InChI is InChI=1S/C29H33N5O2S/c1-19-2-7-24(33-29(35)20-3-4-20)16-21(19)5-6-22-17-37-27-26(22)30-18-31-28(27)32-23-8-10-25(11-9-23)34-12-14-36-15-13-34/h2,5-7,10,16-18,20,23H,3-4,8-9,11-15H2,1H3,(H,33,35)(H,30,31,32)/b6-5+. The van der Waals surface area contributed by atoms with Crippen molar-refractivity contribution in [1.82, 2.24) is 14.9 Å². The molecule has 1 atom stereocenters. The number of hydrogen-bond donors (Lipinski definition) is 2. The van der Waals surface area contributed by atoms with E-state index in [-0.39, 0.29) is 11.8 Å². The van der Waals surface area contributed by atoms with Crippen LogP contribution in [0.5, 0.6) is 0 Å². The molecule has 3 aromatic rings. The van der Waals surface area contributed by atoms with Crippen molar-refractivity contribution in [2.24, 2.45) is 5.92 Å². The van der Waals surface area contributed by atoms with Gasteiger partial charge in [-0.3, -0.25) is 4.79 Å². The lowest BCUT2D eigenvalue weighted by Gasteiger charge is -2.34. The third-order valence-corrected chi connectivity index (χ3v) is 8.46. The Hall–Kier alpha value is -3.23. The fraction of sp³-hybridized carbons (Fsp3) is 0.414. The smallest absolute Gasteiger partial charge is 0.227 e. The number of morpholine rings is 1. The molecular formula is C29H33N5O2S. The van der Waals surface area contributed by atoms with E-state index < -0.39 is 0 Å². The molecule has 0 spiro atoms. The molecule has 192 valence electrons. The Bertz CT molecular complexity index is 1350. The fourth-order valence-corrected chi connectivity index (χ4v) is 5.98. The van der Waals surface area contributed by atoms with Gasteiger partial charge in [0.05, 0.1) is 23.4 Å². The molecule has 2 N–H and O–H groups in total. The molecule has 1 amide bonds. The van der Waals surface area contributed by atoms with E-state index in [1.54, 1.807) is 17.7 Å². The number of allylic oxidation sites excluding steroid dienone is 1. The number of nitrogens with one attached hydrogen (secondary N) is 2. The Balaban J connectivity index is 1.15. The number of rotatable bonds is 7. The summed E-state index contributed by atoms with van der Waals surface area (Å²) in [6.07, 6.45) is 13.5. The van der Waals surface area contributed by atoms with Gasteiger partial charge in [0.1, 0.15) is 12.1 Å². The number of carbonyl (C=O) groups excluding carboxylic acids is 1. The number of benzene rings is 1. The lowest BCUT2D eigenvalue weighted by Crippen LogP contribution is -2.37. The average Bonchev–Trinajstić information content (AvgIpc) is 3.70. The van der Waals surface area contributed by atoms with E-state index in [1.807, 2.05) is 12.1 Å². The Labute approximate surface area is 221 Å². The molecule has 3 heterocycles. The number of carbonyl (C=O) groups is 1. The molecule has 2 aliphatic carbocycles. The maximum absolute atomic E-state index is 12.2. The first-order valence-electron chi connectivity index (χ1n) is 13.2. The Morgan fingerprint density at radius 2 is 1.97 bits per heavy atom. The van der Waals surface area contributed by atoms with E-state index >= 15 is 0 Å². The van der Waals surface area contributed by atoms with Gasteiger partial charge in [-0.2, -0.15) is 0 Å². The van der Waals surface area contributed by atoms with Crippen molar-refractivity contribution >= 4 is 51.1 Å². The summed E-state index contributed by atoms with van der Waals surface area (Å²) in [5, 5.41) is 8.89. The van der Waals surface area contributed by atoms with Crippen molar-refractivity contribution < 1.29 is 9.53 Å². The van der Waals surface area contributed by atoms with Gasteiger partial charge in [-0.25, -0.2) is 9.97 Å². The first-order valence-corrected chi connectivity index (χ1v) is 14.1. The topological polar surface area (TPSA) is 79.4 Å². The molecule has 1 unspecified atom stereocenters. The highest BCUT2D eigenvalue weighted by molar-refractivity contribution is 7.18. The first-order chi connectivity index (χ1) is 18.1. The van der Waals surface area contributed by atoms with Crippen LogP contribution < -0.4 is 10.6 Å². The second-order valence-corrected chi connectivity index (χ2v) is 11.0. The maximum Gasteiger partial charge on any atom is 0.227 e. The van der Waals surface area contributed by atoms with Crippen LogP contribution in [0.15, 0.2) is 41.7 Å². The summed E-state index contributed by atoms with van der Waals surface area (Å²) < 4.78 is 6.59. The van der Waals surface area contributed by atoms with E-state index in [1.165, 1.54) is 11.3 Å². The summed E-state index contributed by atoms with van der Waals surface area (Å²) >= 11 is 1.68. The van der Waals surface area contributed by atoms with E-state index in [9.17, 15) is 4.79 Å². The third kappa shape index (κ3) is 5.55. The van der Waals surface area contributed by atoms with Crippen molar-refractivity contribution in [3.05, 3.63) is 58.4 Å². The number of hydrogen-bond acceptors (Lipinski definition) is 7. The van der Waals surface area contributed by atoms with Crippen LogP contribution in [0.4, 0.5) is 11.5 Å². The van der Waals surface area contributed by atoms with Crippen LogP contribution >= 0.6 is 11.3 Å². The number of fused-ring (bicyclic) bond motifs is 1. The van der Waals surface area contributed by atoms with Gasteiger partial charge in [-0.05, 0) is 62.3 Å². The van der Waals surface area contributed by atoms with E-state index in [2.05, 4.69) is 62.1 Å². The monoisotopic (exact) mass is 515 g/mol. The predicted octanol–water partition coefficient (Wildman–Crippen LogP) is 5.70. The van der Waals surface area contributed by atoms with Gasteiger partial charge in [0.2, 0.25) is 5.91 Å². The van der Waals surface area contributed by atoms with Crippen LogP contribution in [0.3, 0.4) is 0 Å². The lowest BCUT2D eigenvalue weighted by molar-refractivity contribution is -0.117. The molecule has 2 aromatic heterocycles. The van der Waals surface area contributed by atoms with Gasteiger partial charge in [0, 0.05) is 47.4 Å². The highest BCUT2D eigenvalue weighted by Crippen LogP contribution is 2.33. The molecule has 6 rings (SSSR count).